The topological polar surface area (TPSA) is 35.5 Å². The molecular formula is C17H24O3. The Bertz CT molecular complexity index is 436. The highest BCUT2D eigenvalue weighted by Gasteiger charge is 2.19. The van der Waals surface area contributed by atoms with Gasteiger partial charge in [0, 0.05) is 6.42 Å². The molecule has 1 unspecified atom stereocenters. The Labute approximate surface area is 121 Å². The van der Waals surface area contributed by atoms with E-state index in [1.54, 1.807) is 7.11 Å². The normalized spacial score (nSPS) is 16.9. The first-order valence-electron chi connectivity index (χ1n) is 7.56. The largest absolute Gasteiger partial charge is 0.493 e. The molecule has 20 heavy (non-hydrogen) atoms. The average Bonchev–Trinajstić information content (AvgIpc) is 2.97. The van der Waals surface area contributed by atoms with Gasteiger partial charge in [0.2, 0.25) is 0 Å². The zero-order valence-electron chi connectivity index (χ0n) is 12.4. The molecule has 1 aliphatic rings. The molecule has 0 N–H and O–H groups in total. The molecule has 2 rings (SSSR count). The molecule has 0 radical (unpaired) electrons. The molecule has 0 aromatic heterocycles. The Hall–Kier alpha value is -1.51. The minimum absolute atomic E-state index is 0.268. The van der Waals surface area contributed by atoms with Crippen LogP contribution in [0.25, 0.3) is 0 Å². The summed E-state index contributed by atoms with van der Waals surface area (Å²) in [7, 11) is 1.67. The van der Waals surface area contributed by atoms with Gasteiger partial charge in [0.25, 0.3) is 0 Å². The monoisotopic (exact) mass is 276 g/mol. The van der Waals surface area contributed by atoms with Crippen molar-refractivity contribution >= 4 is 6.29 Å². The molecule has 0 spiro atoms. The maximum atomic E-state index is 10.8. The van der Waals surface area contributed by atoms with Crippen LogP contribution in [0.1, 0.15) is 56.9 Å². The summed E-state index contributed by atoms with van der Waals surface area (Å²) in [4.78, 5) is 10.8. The average molecular weight is 276 g/mol. The van der Waals surface area contributed by atoms with Gasteiger partial charge in [0.15, 0.2) is 11.5 Å². The first-order valence-corrected chi connectivity index (χ1v) is 7.56. The lowest BCUT2D eigenvalue weighted by Gasteiger charge is -2.19. The molecule has 110 valence electrons. The van der Waals surface area contributed by atoms with Crippen molar-refractivity contribution in [3.8, 4) is 11.5 Å². The molecular weight excluding hydrogens is 252 g/mol. The first kappa shape index (κ1) is 14.9. The van der Waals surface area contributed by atoms with Crippen LogP contribution in [0, 0.1) is 0 Å². The maximum Gasteiger partial charge on any atom is 0.161 e. The van der Waals surface area contributed by atoms with Gasteiger partial charge in [-0.2, -0.15) is 0 Å². The molecule has 0 amide bonds. The number of aldehydes is 1. The molecule has 1 aromatic rings. The smallest absolute Gasteiger partial charge is 0.161 e. The molecule has 1 saturated carbocycles. The van der Waals surface area contributed by atoms with E-state index in [1.807, 2.05) is 12.1 Å². The Morgan fingerprint density at radius 3 is 2.65 bits per heavy atom. The first-order chi connectivity index (χ1) is 9.78. The van der Waals surface area contributed by atoms with Crippen LogP contribution in [0.4, 0.5) is 0 Å². The fourth-order valence-corrected chi connectivity index (χ4v) is 2.88. The molecule has 0 bridgehead atoms. The maximum absolute atomic E-state index is 10.8. The second kappa shape index (κ2) is 7.32. The van der Waals surface area contributed by atoms with Crippen LogP contribution in [0.2, 0.25) is 0 Å². The fraction of sp³-hybridized carbons (Fsp3) is 0.588. The SMILES string of the molecule is CCC(CC=O)c1ccc(OC)c(OC2CCCC2)c1. The van der Waals surface area contributed by atoms with Gasteiger partial charge in [-0.3, -0.25) is 0 Å². The number of methoxy groups -OCH3 is 1. The summed E-state index contributed by atoms with van der Waals surface area (Å²) in [5.41, 5.74) is 1.16. The van der Waals surface area contributed by atoms with Crippen LogP contribution >= 0.6 is 0 Å². The van der Waals surface area contributed by atoms with E-state index in [0.29, 0.717) is 12.5 Å². The van der Waals surface area contributed by atoms with Crippen LogP contribution in [0.3, 0.4) is 0 Å². The number of ether oxygens (including phenoxy) is 2. The van der Waals surface area contributed by atoms with Crippen LogP contribution in [0.5, 0.6) is 11.5 Å². The van der Waals surface area contributed by atoms with Gasteiger partial charge >= 0.3 is 0 Å². The summed E-state index contributed by atoms with van der Waals surface area (Å²) in [5, 5.41) is 0. The quantitative estimate of drug-likeness (QED) is 0.703. The summed E-state index contributed by atoms with van der Waals surface area (Å²) in [6.07, 6.45) is 7.56. The summed E-state index contributed by atoms with van der Waals surface area (Å²) in [6.45, 7) is 2.11. The van der Waals surface area contributed by atoms with Crippen LogP contribution in [-0.4, -0.2) is 19.5 Å². The lowest BCUT2D eigenvalue weighted by Crippen LogP contribution is -2.12. The molecule has 1 aromatic carbocycles. The molecule has 0 heterocycles. The number of hydrogen-bond acceptors (Lipinski definition) is 3. The lowest BCUT2D eigenvalue weighted by molar-refractivity contribution is -0.108. The summed E-state index contributed by atoms with van der Waals surface area (Å²) < 4.78 is 11.5. The van der Waals surface area contributed by atoms with E-state index < -0.39 is 0 Å². The van der Waals surface area contributed by atoms with Gasteiger partial charge < -0.3 is 14.3 Å². The van der Waals surface area contributed by atoms with E-state index in [2.05, 4.69) is 13.0 Å². The highest BCUT2D eigenvalue weighted by atomic mass is 16.5. The lowest BCUT2D eigenvalue weighted by atomic mass is 9.93. The third kappa shape index (κ3) is 3.53. The van der Waals surface area contributed by atoms with Crippen molar-refractivity contribution in [2.45, 2.75) is 57.5 Å². The predicted molar refractivity (Wildman–Crippen MR) is 79.6 cm³/mol. The van der Waals surface area contributed by atoms with Gasteiger partial charge in [0.05, 0.1) is 13.2 Å². The zero-order chi connectivity index (χ0) is 14.4. The molecule has 3 nitrogen and oxygen atoms in total. The Morgan fingerprint density at radius 2 is 2.05 bits per heavy atom. The number of carbonyl (C=O) groups is 1. The number of rotatable bonds is 7. The fourth-order valence-electron chi connectivity index (χ4n) is 2.88. The van der Waals surface area contributed by atoms with Crippen LogP contribution < -0.4 is 9.47 Å². The molecule has 0 saturated heterocycles. The van der Waals surface area contributed by atoms with Crippen molar-refractivity contribution in [3.63, 3.8) is 0 Å². The predicted octanol–water partition coefficient (Wildman–Crippen LogP) is 4.10. The third-order valence-electron chi connectivity index (χ3n) is 4.13. The molecule has 3 heteroatoms. The van der Waals surface area contributed by atoms with E-state index in [9.17, 15) is 4.79 Å². The van der Waals surface area contributed by atoms with Crippen molar-refractivity contribution in [1.29, 1.82) is 0 Å². The molecule has 0 aliphatic heterocycles. The Morgan fingerprint density at radius 1 is 1.30 bits per heavy atom. The number of hydrogen-bond donors (Lipinski definition) is 0. The Kier molecular flexibility index (Phi) is 5.45. The van der Waals surface area contributed by atoms with Crippen molar-refractivity contribution in [2.24, 2.45) is 0 Å². The second-order valence-corrected chi connectivity index (χ2v) is 5.44. The van der Waals surface area contributed by atoms with Gasteiger partial charge in [-0.15, -0.1) is 0 Å². The standard InChI is InChI=1S/C17H24O3/c1-3-13(10-11-18)14-8-9-16(19-2)17(12-14)20-15-6-4-5-7-15/h8-9,11-13,15H,3-7,10H2,1-2H3. The van der Waals surface area contributed by atoms with Gasteiger partial charge in [-0.05, 0) is 55.7 Å². The van der Waals surface area contributed by atoms with Crippen molar-refractivity contribution < 1.29 is 14.3 Å². The third-order valence-corrected chi connectivity index (χ3v) is 4.13. The van der Waals surface area contributed by atoms with E-state index in [0.717, 1.165) is 42.6 Å². The summed E-state index contributed by atoms with van der Waals surface area (Å²) >= 11 is 0. The van der Waals surface area contributed by atoms with E-state index in [-0.39, 0.29) is 5.92 Å². The van der Waals surface area contributed by atoms with Crippen molar-refractivity contribution in [1.82, 2.24) is 0 Å². The summed E-state index contributed by atoms with van der Waals surface area (Å²) in [5.74, 6) is 1.87. The van der Waals surface area contributed by atoms with Gasteiger partial charge in [0.1, 0.15) is 6.29 Å². The zero-order valence-corrected chi connectivity index (χ0v) is 12.4. The van der Waals surface area contributed by atoms with Crippen molar-refractivity contribution in [2.75, 3.05) is 7.11 Å². The van der Waals surface area contributed by atoms with E-state index in [4.69, 9.17) is 9.47 Å². The highest BCUT2D eigenvalue weighted by Crippen LogP contribution is 2.35. The minimum Gasteiger partial charge on any atom is -0.493 e. The second-order valence-electron chi connectivity index (χ2n) is 5.44. The Balaban J connectivity index is 2.20. The number of benzene rings is 1. The molecule has 1 aliphatic carbocycles. The van der Waals surface area contributed by atoms with Crippen LogP contribution in [-0.2, 0) is 4.79 Å². The van der Waals surface area contributed by atoms with Crippen molar-refractivity contribution in [3.05, 3.63) is 23.8 Å². The van der Waals surface area contributed by atoms with Gasteiger partial charge in [-0.1, -0.05) is 13.0 Å². The molecule has 1 fully saturated rings. The van der Waals surface area contributed by atoms with E-state index >= 15 is 0 Å². The highest BCUT2D eigenvalue weighted by molar-refractivity contribution is 5.53. The van der Waals surface area contributed by atoms with Gasteiger partial charge in [-0.25, -0.2) is 0 Å². The molecule has 1 atom stereocenters. The van der Waals surface area contributed by atoms with E-state index in [1.165, 1.54) is 12.8 Å². The summed E-state index contributed by atoms with van der Waals surface area (Å²) in [6, 6.07) is 6.04. The van der Waals surface area contributed by atoms with Crippen LogP contribution in [0.15, 0.2) is 18.2 Å². The number of carbonyl (C=O) groups excluding carboxylic acids is 1. The minimum atomic E-state index is 0.268.